The lowest BCUT2D eigenvalue weighted by molar-refractivity contribution is 0.0402. The van der Waals surface area contributed by atoms with E-state index in [1.54, 1.807) is 10.6 Å². The summed E-state index contributed by atoms with van der Waals surface area (Å²) in [7, 11) is 0. The van der Waals surface area contributed by atoms with E-state index in [-0.39, 0.29) is 12.5 Å². The fourth-order valence-corrected chi connectivity index (χ4v) is 3.73. The maximum Gasteiger partial charge on any atom is 0.274 e. The molecule has 0 bridgehead atoms. The molecule has 4 aromatic rings. The van der Waals surface area contributed by atoms with Gasteiger partial charge in [-0.2, -0.15) is 4.98 Å². The van der Waals surface area contributed by atoms with Gasteiger partial charge in [0.15, 0.2) is 0 Å². The predicted molar refractivity (Wildman–Crippen MR) is 113 cm³/mol. The number of fused-ring (bicyclic) bond motifs is 1. The van der Waals surface area contributed by atoms with Gasteiger partial charge in [-0.25, -0.2) is 4.98 Å². The number of hydrogen-bond acceptors (Lipinski definition) is 7. The fraction of sp³-hybridized carbons (Fsp3) is 0.273. The number of aliphatic hydroxyl groups excluding tert-OH is 1. The fourth-order valence-electron chi connectivity index (χ4n) is 3.73. The Labute approximate surface area is 178 Å². The van der Waals surface area contributed by atoms with Crippen LogP contribution in [0.5, 0.6) is 0 Å². The van der Waals surface area contributed by atoms with Crippen molar-refractivity contribution in [2.45, 2.75) is 13.5 Å². The number of nitrogens with zero attached hydrogens (tertiary/aromatic N) is 5. The third kappa shape index (κ3) is 3.80. The number of aromatic nitrogens is 4. The summed E-state index contributed by atoms with van der Waals surface area (Å²) in [5.74, 6) is 1.09. The summed E-state index contributed by atoms with van der Waals surface area (Å²) >= 11 is 0. The number of aryl methyl sites for hydroxylation is 1. The molecule has 0 spiro atoms. The van der Waals surface area contributed by atoms with Crippen LogP contribution in [0.1, 0.15) is 21.9 Å². The van der Waals surface area contributed by atoms with Crippen LogP contribution in [-0.2, 0) is 6.54 Å². The topological polar surface area (TPSA) is 109 Å². The average Bonchev–Trinajstić information content (AvgIpc) is 3.39. The number of hydrogen-bond donors (Lipinski definition) is 2. The summed E-state index contributed by atoms with van der Waals surface area (Å²) in [5.41, 5.74) is 3.52. The summed E-state index contributed by atoms with van der Waals surface area (Å²) in [5, 5.41) is 16.2. The quantitative estimate of drug-likeness (QED) is 0.495. The molecule has 0 atom stereocenters. The molecule has 1 fully saturated rings. The highest BCUT2D eigenvalue weighted by molar-refractivity contribution is 6.04. The van der Waals surface area contributed by atoms with E-state index in [0.29, 0.717) is 41.2 Å². The van der Waals surface area contributed by atoms with Crippen LogP contribution in [-0.4, -0.2) is 55.1 Å². The number of anilines is 1. The van der Waals surface area contributed by atoms with Gasteiger partial charge >= 0.3 is 0 Å². The van der Waals surface area contributed by atoms with E-state index in [4.69, 9.17) is 9.63 Å². The molecule has 0 unspecified atom stereocenters. The van der Waals surface area contributed by atoms with Crippen LogP contribution in [0.25, 0.3) is 17.0 Å². The molecular formula is C22H22N6O3. The van der Waals surface area contributed by atoms with E-state index in [0.717, 1.165) is 24.2 Å². The highest BCUT2D eigenvalue weighted by Crippen LogP contribution is 2.25. The highest BCUT2D eigenvalue weighted by Gasteiger charge is 2.27. The first-order valence-electron chi connectivity index (χ1n) is 10.1. The van der Waals surface area contributed by atoms with Crippen LogP contribution >= 0.6 is 0 Å². The van der Waals surface area contributed by atoms with Gasteiger partial charge in [0.1, 0.15) is 11.3 Å². The monoisotopic (exact) mass is 418 g/mol. The van der Waals surface area contributed by atoms with Crippen molar-refractivity contribution in [1.29, 1.82) is 0 Å². The number of likely N-dealkylation sites (tertiary alicyclic amines) is 1. The number of carbonyl (C=O) groups excluding carboxylic acids is 1. The molecule has 2 N–H and O–H groups in total. The number of pyridine rings is 1. The van der Waals surface area contributed by atoms with Gasteiger partial charge in [0.2, 0.25) is 11.7 Å². The maximum atomic E-state index is 12.9. The number of nitrogens with one attached hydrogen (secondary N) is 1. The first-order valence-corrected chi connectivity index (χ1v) is 10.1. The molecule has 158 valence electrons. The SMILES string of the molecule is Cc1ccc(-c2noc(CN3CC(CO)C3)n2)cc1NC(=O)c1cnc2ccccn12. The number of carbonyl (C=O) groups is 1. The molecule has 1 aliphatic heterocycles. The number of aliphatic hydroxyl groups is 1. The van der Waals surface area contributed by atoms with E-state index in [2.05, 4.69) is 25.3 Å². The summed E-state index contributed by atoms with van der Waals surface area (Å²) in [6.45, 7) is 4.36. The Morgan fingerprint density at radius 2 is 2.16 bits per heavy atom. The summed E-state index contributed by atoms with van der Waals surface area (Å²) in [6.07, 6.45) is 3.37. The second-order valence-corrected chi connectivity index (χ2v) is 7.81. The van der Waals surface area contributed by atoms with Crippen LogP contribution in [0, 0.1) is 12.8 Å². The van der Waals surface area contributed by atoms with Crippen molar-refractivity contribution in [2.75, 3.05) is 25.0 Å². The Kier molecular flexibility index (Phi) is 4.97. The number of benzene rings is 1. The molecule has 1 amide bonds. The minimum atomic E-state index is -0.246. The van der Waals surface area contributed by atoms with Crippen molar-refractivity contribution < 1.29 is 14.4 Å². The smallest absolute Gasteiger partial charge is 0.274 e. The standard InChI is InChI=1S/C22H22N6O3/c1-14-5-6-16(21-25-20(31-26-21)12-27-10-15(11-27)13-29)8-17(14)24-22(30)18-9-23-19-4-2-3-7-28(18)19/h2-9,15,29H,10-13H2,1H3,(H,24,30). The molecule has 5 rings (SSSR count). The van der Waals surface area contributed by atoms with Crippen molar-refractivity contribution in [1.82, 2.24) is 24.4 Å². The molecular weight excluding hydrogens is 396 g/mol. The van der Waals surface area contributed by atoms with Crippen LogP contribution in [0.2, 0.25) is 0 Å². The van der Waals surface area contributed by atoms with Crippen LogP contribution in [0.4, 0.5) is 5.69 Å². The molecule has 0 radical (unpaired) electrons. The first kappa shape index (κ1) is 19.4. The van der Waals surface area contributed by atoms with Gasteiger partial charge in [0, 0.05) is 43.1 Å². The van der Waals surface area contributed by atoms with Crippen molar-refractivity contribution in [2.24, 2.45) is 5.92 Å². The Hall–Kier alpha value is -3.56. The lowest BCUT2D eigenvalue weighted by atomic mass is 10.0. The van der Waals surface area contributed by atoms with E-state index in [9.17, 15) is 4.79 Å². The molecule has 4 heterocycles. The Morgan fingerprint density at radius 1 is 1.29 bits per heavy atom. The van der Waals surface area contributed by atoms with Gasteiger partial charge in [0.25, 0.3) is 5.91 Å². The van der Waals surface area contributed by atoms with Crippen LogP contribution in [0.15, 0.2) is 53.3 Å². The molecule has 1 aromatic carbocycles. The highest BCUT2D eigenvalue weighted by atomic mass is 16.5. The lowest BCUT2D eigenvalue weighted by Gasteiger charge is -2.36. The second kappa shape index (κ2) is 7.93. The first-order chi connectivity index (χ1) is 15.1. The third-order valence-corrected chi connectivity index (χ3v) is 5.51. The van der Waals surface area contributed by atoms with Gasteiger partial charge in [0.05, 0.1) is 12.7 Å². The van der Waals surface area contributed by atoms with E-state index >= 15 is 0 Å². The van der Waals surface area contributed by atoms with Crippen molar-refractivity contribution >= 4 is 17.2 Å². The van der Waals surface area contributed by atoms with Crippen molar-refractivity contribution in [3.05, 3.63) is 65.9 Å². The van der Waals surface area contributed by atoms with Crippen LogP contribution in [0.3, 0.4) is 0 Å². The minimum absolute atomic E-state index is 0.207. The largest absolute Gasteiger partial charge is 0.396 e. The van der Waals surface area contributed by atoms with Gasteiger partial charge in [-0.1, -0.05) is 23.4 Å². The Balaban J connectivity index is 1.33. The average molecular weight is 418 g/mol. The van der Waals surface area contributed by atoms with Crippen LogP contribution < -0.4 is 5.32 Å². The van der Waals surface area contributed by atoms with Gasteiger partial charge in [-0.05, 0) is 30.7 Å². The summed E-state index contributed by atoms with van der Waals surface area (Å²) < 4.78 is 7.14. The Bertz CT molecular complexity index is 1240. The number of imidazole rings is 1. The second-order valence-electron chi connectivity index (χ2n) is 7.81. The number of rotatable bonds is 6. The van der Waals surface area contributed by atoms with Crippen molar-refractivity contribution in [3.8, 4) is 11.4 Å². The molecule has 9 heteroatoms. The van der Waals surface area contributed by atoms with Crippen molar-refractivity contribution in [3.63, 3.8) is 0 Å². The summed E-state index contributed by atoms with van der Waals surface area (Å²) in [6, 6.07) is 11.2. The minimum Gasteiger partial charge on any atom is -0.396 e. The lowest BCUT2D eigenvalue weighted by Crippen LogP contribution is -2.47. The van der Waals surface area contributed by atoms with E-state index in [1.807, 2.05) is 49.5 Å². The van der Waals surface area contributed by atoms with Gasteiger partial charge < -0.3 is 14.9 Å². The molecule has 1 saturated heterocycles. The molecule has 31 heavy (non-hydrogen) atoms. The Morgan fingerprint density at radius 3 is 3.00 bits per heavy atom. The maximum absolute atomic E-state index is 12.9. The molecule has 3 aromatic heterocycles. The molecule has 9 nitrogen and oxygen atoms in total. The normalized spacial score (nSPS) is 14.6. The predicted octanol–water partition coefficient (Wildman–Crippen LogP) is 2.37. The molecule has 0 saturated carbocycles. The summed E-state index contributed by atoms with van der Waals surface area (Å²) in [4.78, 5) is 23.8. The molecule has 0 aliphatic carbocycles. The van der Waals surface area contributed by atoms with E-state index < -0.39 is 0 Å². The number of amides is 1. The van der Waals surface area contributed by atoms with Gasteiger partial charge in [-0.3, -0.25) is 14.1 Å². The zero-order valence-corrected chi connectivity index (χ0v) is 17.0. The van der Waals surface area contributed by atoms with Gasteiger partial charge in [-0.15, -0.1) is 0 Å². The zero-order chi connectivity index (χ0) is 21.4. The zero-order valence-electron chi connectivity index (χ0n) is 17.0. The van der Waals surface area contributed by atoms with E-state index in [1.165, 1.54) is 0 Å². The third-order valence-electron chi connectivity index (χ3n) is 5.51. The molecule has 1 aliphatic rings.